The molecule has 2 atom stereocenters. The summed E-state index contributed by atoms with van der Waals surface area (Å²) in [6.07, 6.45) is 1.94. The van der Waals surface area contributed by atoms with Crippen LogP contribution >= 0.6 is 11.8 Å². The fourth-order valence-corrected chi connectivity index (χ4v) is 10.2. The van der Waals surface area contributed by atoms with Crippen LogP contribution in [0.2, 0.25) is 0 Å². The second kappa shape index (κ2) is 10.8. The summed E-state index contributed by atoms with van der Waals surface area (Å²) < 4.78 is 6.62. The van der Waals surface area contributed by atoms with Gasteiger partial charge in [-0.15, -0.1) is 0 Å². The first-order chi connectivity index (χ1) is 23.5. The molecular weight excluding hydrogens is 631 g/mol. The Bertz CT molecular complexity index is 2230. The number of hydrogen-bond donors (Lipinski definition) is 0. The van der Waals surface area contributed by atoms with Crippen molar-refractivity contribution >= 4 is 34.0 Å². The number of benzene rings is 4. The highest BCUT2D eigenvalue weighted by atomic mass is 32.2. The van der Waals surface area contributed by atoms with Gasteiger partial charge in [-0.1, -0.05) is 109 Å². The third kappa shape index (κ3) is 4.65. The van der Waals surface area contributed by atoms with Gasteiger partial charge in [0.15, 0.2) is 0 Å². The van der Waals surface area contributed by atoms with E-state index < -0.39 is 0 Å². The van der Waals surface area contributed by atoms with E-state index in [1.165, 1.54) is 27.8 Å². The molecule has 0 N–H and O–H groups in total. The highest BCUT2D eigenvalue weighted by molar-refractivity contribution is 8.15. The summed E-state index contributed by atoms with van der Waals surface area (Å²) in [6, 6.07) is 35.0. The Morgan fingerprint density at radius 3 is 2.10 bits per heavy atom. The highest BCUT2D eigenvalue weighted by Gasteiger charge is 2.65. The van der Waals surface area contributed by atoms with E-state index in [4.69, 9.17) is 14.7 Å². The van der Waals surface area contributed by atoms with Gasteiger partial charge >= 0.3 is 0 Å². The van der Waals surface area contributed by atoms with Gasteiger partial charge in [0.1, 0.15) is 17.3 Å². The first-order valence-electron chi connectivity index (χ1n) is 17.7. The van der Waals surface area contributed by atoms with Crippen LogP contribution in [-0.4, -0.2) is 15.6 Å². The predicted molar refractivity (Wildman–Crippen MR) is 210 cm³/mol. The van der Waals surface area contributed by atoms with Gasteiger partial charge in [0.05, 0.1) is 26.7 Å². The van der Waals surface area contributed by atoms with Gasteiger partial charge in [-0.2, -0.15) is 0 Å². The molecule has 8 rings (SSSR count). The number of fused-ring (bicyclic) bond motifs is 5. The fourth-order valence-electron chi connectivity index (χ4n) is 8.59. The number of hydrogen-bond acceptors (Lipinski definition) is 5. The SMILES string of the molecule is Cc1cc(Oc2ccc3c(c2)N(c2cc(C(C)(C)C)ccn2)c2ccccc2C3(C)C)cc(C2=N[C@]3(C)C(C)(C)c4ccccc4[C@]3(C)S2)c1. The predicted octanol–water partition coefficient (Wildman–Crippen LogP) is 12.0. The Morgan fingerprint density at radius 2 is 1.36 bits per heavy atom. The molecule has 0 saturated heterocycles. The van der Waals surface area contributed by atoms with Crippen molar-refractivity contribution in [2.45, 2.75) is 95.8 Å². The molecule has 4 aromatic carbocycles. The molecular formula is C45H47N3OS. The number of aromatic nitrogens is 1. The summed E-state index contributed by atoms with van der Waals surface area (Å²) in [5.74, 6) is 2.51. The minimum absolute atomic E-state index is 0.00252. The quantitative estimate of drug-likeness (QED) is 0.190. The lowest BCUT2D eigenvalue weighted by Gasteiger charge is -2.41. The third-order valence-corrected chi connectivity index (χ3v) is 13.5. The zero-order valence-corrected chi connectivity index (χ0v) is 31.8. The van der Waals surface area contributed by atoms with Crippen molar-refractivity contribution in [3.8, 4) is 11.5 Å². The van der Waals surface area contributed by atoms with Gasteiger partial charge in [-0.05, 0) is 102 Å². The van der Waals surface area contributed by atoms with Crippen LogP contribution in [0.4, 0.5) is 17.2 Å². The number of aryl methyl sites for hydroxylation is 1. The number of nitrogens with zero attached hydrogens (tertiary/aromatic N) is 3. The van der Waals surface area contributed by atoms with E-state index in [9.17, 15) is 0 Å². The van der Waals surface area contributed by atoms with Crippen LogP contribution in [0.1, 0.15) is 101 Å². The Hall–Kier alpha value is -4.35. The van der Waals surface area contributed by atoms with Crippen molar-refractivity contribution in [1.82, 2.24) is 4.98 Å². The van der Waals surface area contributed by atoms with Gasteiger partial charge in [0, 0.05) is 28.7 Å². The molecule has 5 heteroatoms. The molecule has 0 unspecified atom stereocenters. The molecule has 3 heterocycles. The lowest BCUT2D eigenvalue weighted by atomic mass is 9.71. The van der Waals surface area contributed by atoms with E-state index in [0.29, 0.717) is 0 Å². The number of pyridine rings is 1. The molecule has 0 amide bonds. The van der Waals surface area contributed by atoms with Gasteiger partial charge in [-0.25, -0.2) is 4.98 Å². The van der Waals surface area contributed by atoms with E-state index >= 15 is 0 Å². The van der Waals surface area contributed by atoms with E-state index in [0.717, 1.165) is 44.9 Å². The molecule has 50 heavy (non-hydrogen) atoms. The van der Waals surface area contributed by atoms with E-state index in [1.54, 1.807) is 0 Å². The minimum atomic E-state index is -0.280. The van der Waals surface area contributed by atoms with Crippen molar-refractivity contribution < 1.29 is 4.74 Å². The molecule has 4 nitrogen and oxygen atoms in total. The largest absolute Gasteiger partial charge is 0.457 e. The first-order valence-corrected chi connectivity index (χ1v) is 18.6. The lowest BCUT2D eigenvalue weighted by Crippen LogP contribution is -2.47. The molecule has 0 saturated carbocycles. The van der Waals surface area contributed by atoms with E-state index in [1.807, 2.05) is 18.0 Å². The van der Waals surface area contributed by atoms with Crippen molar-refractivity contribution in [3.05, 3.63) is 142 Å². The smallest absolute Gasteiger partial charge is 0.137 e. The number of aliphatic imine (C=N–C) groups is 1. The van der Waals surface area contributed by atoms with Crippen LogP contribution in [0.5, 0.6) is 11.5 Å². The van der Waals surface area contributed by atoms with Crippen molar-refractivity contribution in [2.75, 3.05) is 4.90 Å². The van der Waals surface area contributed by atoms with Crippen molar-refractivity contribution in [1.29, 1.82) is 0 Å². The van der Waals surface area contributed by atoms with Crippen molar-refractivity contribution in [3.63, 3.8) is 0 Å². The molecule has 2 aliphatic heterocycles. The van der Waals surface area contributed by atoms with Crippen LogP contribution in [0, 0.1) is 6.92 Å². The van der Waals surface area contributed by atoms with Crippen LogP contribution in [-0.2, 0) is 21.0 Å². The van der Waals surface area contributed by atoms with Gasteiger partial charge in [0.25, 0.3) is 0 Å². The van der Waals surface area contributed by atoms with Gasteiger partial charge in [-0.3, -0.25) is 9.89 Å². The van der Waals surface area contributed by atoms with Crippen LogP contribution < -0.4 is 9.64 Å². The third-order valence-electron chi connectivity index (χ3n) is 12.0. The van der Waals surface area contributed by atoms with Crippen LogP contribution in [0.15, 0.2) is 108 Å². The molecule has 254 valence electrons. The highest BCUT2D eigenvalue weighted by Crippen LogP contribution is 2.67. The molecule has 1 aliphatic carbocycles. The summed E-state index contributed by atoms with van der Waals surface area (Å²) in [7, 11) is 0. The molecule has 0 radical (unpaired) electrons. The Labute approximate surface area is 302 Å². The lowest BCUT2D eigenvalue weighted by molar-refractivity contribution is 0.264. The van der Waals surface area contributed by atoms with E-state index in [2.05, 4.69) is 171 Å². The average Bonchev–Trinajstić information content (AvgIpc) is 3.42. The Kier molecular flexibility index (Phi) is 7.11. The van der Waals surface area contributed by atoms with Gasteiger partial charge in [0.2, 0.25) is 0 Å². The second-order valence-corrected chi connectivity index (χ2v) is 18.1. The average molecular weight is 678 g/mol. The van der Waals surface area contributed by atoms with Gasteiger partial charge < -0.3 is 4.74 Å². The maximum absolute atomic E-state index is 6.77. The van der Waals surface area contributed by atoms with Crippen LogP contribution in [0.25, 0.3) is 0 Å². The second-order valence-electron chi connectivity index (χ2n) is 16.7. The molecule has 1 aromatic heterocycles. The molecule has 0 fully saturated rings. The first kappa shape index (κ1) is 32.8. The zero-order valence-electron chi connectivity index (χ0n) is 31.0. The fraction of sp³-hybridized carbons (Fsp3) is 0.333. The maximum Gasteiger partial charge on any atom is 0.137 e. The zero-order chi connectivity index (χ0) is 35.4. The number of ether oxygens (including phenoxy) is 1. The summed E-state index contributed by atoms with van der Waals surface area (Å²) in [4.78, 5) is 12.8. The molecule has 0 bridgehead atoms. The number of thioether (sulfide) groups is 1. The Balaban J connectivity index is 1.19. The summed E-state index contributed by atoms with van der Waals surface area (Å²) in [5, 5.41) is 1.07. The summed E-state index contributed by atoms with van der Waals surface area (Å²) >= 11 is 1.90. The number of rotatable bonds is 4. The standard InChI is InChI=1S/C45H47N3OS/c1-28-23-29(40-47-45(10)43(7,8)33-15-11-12-16-34(33)44(45,9)50-40)25-32(24-28)49-31-19-20-36-38(27-31)48(37-18-14-13-17-35(37)42(36,5)6)39-26-30(21-22-46-39)41(2,3)4/h11-27H,1-10H3/t44-,45+/m0/s1. The topological polar surface area (TPSA) is 37.7 Å². The molecule has 5 aromatic rings. The summed E-state index contributed by atoms with van der Waals surface area (Å²) in [6.45, 7) is 22.9. The monoisotopic (exact) mass is 677 g/mol. The Morgan fingerprint density at radius 1 is 0.680 bits per heavy atom. The number of para-hydroxylation sites is 1. The molecule has 3 aliphatic rings. The molecule has 0 spiro atoms. The number of anilines is 3. The normalized spacial score (nSPS) is 22.7. The maximum atomic E-state index is 6.77. The minimum Gasteiger partial charge on any atom is -0.457 e. The van der Waals surface area contributed by atoms with Crippen LogP contribution in [0.3, 0.4) is 0 Å². The van der Waals surface area contributed by atoms with E-state index in [-0.39, 0.29) is 26.5 Å². The summed E-state index contributed by atoms with van der Waals surface area (Å²) in [5.41, 5.74) is 10.5. The van der Waals surface area contributed by atoms with Crippen molar-refractivity contribution in [2.24, 2.45) is 4.99 Å².